The summed E-state index contributed by atoms with van der Waals surface area (Å²) in [4.78, 5) is 4.09. The highest BCUT2D eigenvalue weighted by Crippen LogP contribution is 2.22. The van der Waals surface area contributed by atoms with Gasteiger partial charge in [-0.3, -0.25) is 4.98 Å². The molecule has 17 heavy (non-hydrogen) atoms. The molecule has 0 saturated carbocycles. The molecule has 0 spiro atoms. The zero-order valence-corrected chi connectivity index (χ0v) is 10.5. The lowest BCUT2D eigenvalue weighted by atomic mass is 10.2. The topological polar surface area (TPSA) is 24.9 Å². The zero-order chi connectivity index (χ0) is 12.1. The van der Waals surface area contributed by atoms with Gasteiger partial charge in [-0.25, -0.2) is 0 Å². The average Bonchev–Trinajstić information content (AvgIpc) is 2.35. The number of aryl methyl sites for hydroxylation is 1. The molecule has 0 aliphatic rings. The van der Waals surface area contributed by atoms with E-state index < -0.39 is 0 Å². The Bertz CT molecular complexity index is 483. The van der Waals surface area contributed by atoms with Crippen LogP contribution in [0.3, 0.4) is 0 Å². The maximum Gasteiger partial charge on any atom is 0.0637 e. The predicted molar refractivity (Wildman–Crippen MR) is 72.6 cm³/mol. The third-order valence-electron chi connectivity index (χ3n) is 2.57. The number of nitrogens with one attached hydrogen (secondary N) is 1. The Morgan fingerprint density at radius 2 is 2.18 bits per heavy atom. The van der Waals surface area contributed by atoms with Crippen LogP contribution in [0.1, 0.15) is 11.1 Å². The van der Waals surface area contributed by atoms with Crippen LogP contribution >= 0.6 is 11.6 Å². The van der Waals surface area contributed by atoms with Crippen LogP contribution in [0.25, 0.3) is 0 Å². The molecule has 0 radical (unpaired) electrons. The number of rotatable bonds is 4. The Kier molecular flexibility index (Phi) is 3.99. The van der Waals surface area contributed by atoms with E-state index in [4.69, 9.17) is 11.6 Å². The van der Waals surface area contributed by atoms with E-state index in [1.165, 1.54) is 11.1 Å². The third kappa shape index (κ3) is 3.46. The van der Waals surface area contributed by atoms with Crippen LogP contribution < -0.4 is 5.32 Å². The lowest BCUT2D eigenvalue weighted by Gasteiger charge is -2.09. The Labute approximate surface area is 107 Å². The lowest BCUT2D eigenvalue weighted by Crippen LogP contribution is -2.05. The molecule has 0 atom stereocenters. The Morgan fingerprint density at radius 1 is 1.29 bits per heavy atom. The van der Waals surface area contributed by atoms with Gasteiger partial charge < -0.3 is 5.32 Å². The van der Waals surface area contributed by atoms with E-state index in [1.807, 2.05) is 24.4 Å². The van der Waals surface area contributed by atoms with Crippen molar-refractivity contribution in [2.45, 2.75) is 13.3 Å². The summed E-state index contributed by atoms with van der Waals surface area (Å²) in [5, 5.41) is 4.11. The standard InChI is InChI=1S/C14H15ClN2/c1-11-4-5-13(15)14(9-11)17-8-6-12-3-2-7-16-10-12/h2-5,7,9-10,17H,6,8H2,1H3. The maximum atomic E-state index is 6.10. The molecule has 2 rings (SSSR count). The second-order valence-corrected chi connectivity index (χ2v) is 4.43. The normalized spacial score (nSPS) is 10.2. The highest BCUT2D eigenvalue weighted by molar-refractivity contribution is 6.33. The smallest absolute Gasteiger partial charge is 0.0637 e. The number of anilines is 1. The van der Waals surface area contributed by atoms with E-state index in [0.29, 0.717) is 0 Å². The van der Waals surface area contributed by atoms with E-state index in [0.717, 1.165) is 23.7 Å². The summed E-state index contributed by atoms with van der Waals surface area (Å²) in [6.07, 6.45) is 4.62. The monoisotopic (exact) mass is 246 g/mol. The Hall–Kier alpha value is -1.54. The first-order valence-corrected chi connectivity index (χ1v) is 6.02. The van der Waals surface area contributed by atoms with Crippen LogP contribution in [0.2, 0.25) is 5.02 Å². The van der Waals surface area contributed by atoms with Gasteiger partial charge in [0.1, 0.15) is 0 Å². The highest BCUT2D eigenvalue weighted by Gasteiger charge is 1.99. The van der Waals surface area contributed by atoms with Gasteiger partial charge in [-0.1, -0.05) is 23.7 Å². The fourth-order valence-corrected chi connectivity index (χ4v) is 1.85. The first kappa shape index (κ1) is 11.9. The van der Waals surface area contributed by atoms with Crippen molar-refractivity contribution in [1.82, 2.24) is 4.98 Å². The van der Waals surface area contributed by atoms with Crippen molar-refractivity contribution in [3.05, 3.63) is 58.9 Å². The van der Waals surface area contributed by atoms with E-state index in [2.05, 4.69) is 29.4 Å². The van der Waals surface area contributed by atoms with Gasteiger partial charge in [0.2, 0.25) is 0 Å². The Balaban J connectivity index is 1.92. The number of hydrogen-bond donors (Lipinski definition) is 1. The molecule has 0 aliphatic carbocycles. The van der Waals surface area contributed by atoms with Crippen LogP contribution in [0, 0.1) is 6.92 Å². The first-order chi connectivity index (χ1) is 8.25. The molecule has 2 aromatic rings. The van der Waals surface area contributed by atoms with Gasteiger partial charge in [0.05, 0.1) is 10.7 Å². The van der Waals surface area contributed by atoms with Gasteiger partial charge in [0.25, 0.3) is 0 Å². The molecule has 1 heterocycles. The van der Waals surface area contributed by atoms with Crippen LogP contribution in [0.5, 0.6) is 0 Å². The van der Waals surface area contributed by atoms with Gasteiger partial charge in [-0.05, 0) is 42.7 Å². The summed E-state index contributed by atoms with van der Waals surface area (Å²) in [7, 11) is 0. The van der Waals surface area contributed by atoms with E-state index >= 15 is 0 Å². The van der Waals surface area contributed by atoms with E-state index in [9.17, 15) is 0 Å². The largest absolute Gasteiger partial charge is 0.383 e. The molecule has 0 saturated heterocycles. The minimum absolute atomic E-state index is 0.766. The highest BCUT2D eigenvalue weighted by atomic mass is 35.5. The van der Waals surface area contributed by atoms with Crippen molar-refractivity contribution >= 4 is 17.3 Å². The number of benzene rings is 1. The summed E-state index contributed by atoms with van der Waals surface area (Å²) in [5.74, 6) is 0. The molecule has 0 unspecified atom stereocenters. The first-order valence-electron chi connectivity index (χ1n) is 5.64. The molecule has 1 N–H and O–H groups in total. The number of hydrogen-bond acceptors (Lipinski definition) is 2. The third-order valence-corrected chi connectivity index (χ3v) is 2.90. The van der Waals surface area contributed by atoms with Gasteiger partial charge in [-0.2, -0.15) is 0 Å². The molecule has 0 aliphatic heterocycles. The number of halogens is 1. The molecule has 1 aromatic carbocycles. The molecule has 0 bridgehead atoms. The minimum Gasteiger partial charge on any atom is -0.383 e. The molecule has 3 heteroatoms. The van der Waals surface area contributed by atoms with Crippen molar-refractivity contribution in [1.29, 1.82) is 0 Å². The molecule has 88 valence electrons. The lowest BCUT2D eigenvalue weighted by molar-refractivity contribution is 1.00. The second-order valence-electron chi connectivity index (χ2n) is 4.02. The van der Waals surface area contributed by atoms with Crippen molar-refractivity contribution in [3.63, 3.8) is 0 Å². The van der Waals surface area contributed by atoms with Gasteiger partial charge >= 0.3 is 0 Å². The summed E-state index contributed by atoms with van der Waals surface area (Å²) in [6.45, 7) is 2.91. The fraction of sp³-hybridized carbons (Fsp3) is 0.214. The molecule has 2 nitrogen and oxygen atoms in total. The maximum absolute atomic E-state index is 6.10. The van der Waals surface area contributed by atoms with Gasteiger partial charge in [0, 0.05) is 18.9 Å². The second kappa shape index (κ2) is 5.69. The number of nitrogens with zero attached hydrogens (tertiary/aromatic N) is 1. The van der Waals surface area contributed by atoms with Gasteiger partial charge in [-0.15, -0.1) is 0 Å². The van der Waals surface area contributed by atoms with Crippen molar-refractivity contribution < 1.29 is 0 Å². The van der Waals surface area contributed by atoms with Crippen LogP contribution in [-0.2, 0) is 6.42 Å². The predicted octanol–water partition coefficient (Wildman–Crippen LogP) is 3.70. The van der Waals surface area contributed by atoms with Crippen LogP contribution in [0.15, 0.2) is 42.7 Å². The summed E-state index contributed by atoms with van der Waals surface area (Å²) < 4.78 is 0. The summed E-state index contributed by atoms with van der Waals surface area (Å²) >= 11 is 6.10. The van der Waals surface area contributed by atoms with Gasteiger partial charge in [0.15, 0.2) is 0 Å². The van der Waals surface area contributed by atoms with E-state index in [1.54, 1.807) is 6.20 Å². The zero-order valence-electron chi connectivity index (χ0n) is 9.78. The quantitative estimate of drug-likeness (QED) is 0.890. The minimum atomic E-state index is 0.766. The fourth-order valence-electron chi connectivity index (χ4n) is 1.66. The molecule has 0 fully saturated rings. The van der Waals surface area contributed by atoms with Crippen LogP contribution in [0.4, 0.5) is 5.69 Å². The Morgan fingerprint density at radius 3 is 2.94 bits per heavy atom. The van der Waals surface area contributed by atoms with Crippen molar-refractivity contribution in [3.8, 4) is 0 Å². The number of aromatic nitrogens is 1. The van der Waals surface area contributed by atoms with Crippen molar-refractivity contribution in [2.75, 3.05) is 11.9 Å². The molecule has 1 aromatic heterocycles. The van der Waals surface area contributed by atoms with E-state index in [-0.39, 0.29) is 0 Å². The molecular weight excluding hydrogens is 232 g/mol. The average molecular weight is 247 g/mol. The molecular formula is C14H15ClN2. The SMILES string of the molecule is Cc1ccc(Cl)c(NCCc2cccnc2)c1. The van der Waals surface area contributed by atoms with Crippen molar-refractivity contribution in [2.24, 2.45) is 0 Å². The van der Waals surface area contributed by atoms with Crippen LogP contribution in [-0.4, -0.2) is 11.5 Å². The summed E-state index contributed by atoms with van der Waals surface area (Å²) in [5.41, 5.74) is 3.43. The molecule has 0 amide bonds. The number of pyridine rings is 1. The summed E-state index contributed by atoms with van der Waals surface area (Å²) in [6, 6.07) is 10.0.